The van der Waals surface area contributed by atoms with Gasteiger partial charge in [-0.05, 0) is 35.9 Å². The molecule has 0 atom stereocenters. The molecule has 1 aromatic carbocycles. The highest BCUT2D eigenvalue weighted by Gasteiger charge is 2.13. The van der Waals surface area contributed by atoms with Gasteiger partial charge in [-0.25, -0.2) is 4.39 Å². The topological polar surface area (TPSA) is 88.9 Å². The molecule has 0 fully saturated rings. The largest absolute Gasteiger partial charge is 0.274 e. The number of nitrogens with one attached hydrogen (secondary N) is 2. The van der Waals surface area contributed by atoms with Crippen molar-refractivity contribution < 1.29 is 14.0 Å². The number of aromatic nitrogens is 3. The van der Waals surface area contributed by atoms with Crippen molar-refractivity contribution in [1.82, 2.24) is 25.6 Å². The number of nitrogens with zero attached hydrogens (tertiary/aromatic N) is 3. The minimum Gasteiger partial charge on any atom is -0.274 e. The molecule has 0 aliphatic carbocycles. The minimum absolute atomic E-state index is 0.0676. The highest BCUT2D eigenvalue weighted by molar-refractivity contribution is 5.80. The zero-order chi connectivity index (χ0) is 19.2. The van der Waals surface area contributed by atoms with E-state index in [4.69, 9.17) is 0 Å². The number of benzene rings is 1. The highest BCUT2D eigenvalue weighted by Crippen LogP contribution is 2.20. The number of pyridine rings is 1. The van der Waals surface area contributed by atoms with Gasteiger partial charge < -0.3 is 0 Å². The molecule has 0 aliphatic heterocycles. The number of hydrazine groups is 1. The minimum atomic E-state index is -0.407. The van der Waals surface area contributed by atoms with Gasteiger partial charge in [0.2, 0.25) is 5.91 Å². The Bertz CT molecular complexity index is 938. The van der Waals surface area contributed by atoms with Crippen LogP contribution in [-0.4, -0.2) is 26.6 Å². The molecular weight excluding hydrogens is 349 g/mol. The van der Waals surface area contributed by atoms with Gasteiger partial charge in [-0.3, -0.25) is 30.1 Å². The fourth-order valence-corrected chi connectivity index (χ4v) is 2.54. The maximum Gasteiger partial charge on any atom is 0.260 e. The van der Waals surface area contributed by atoms with Gasteiger partial charge in [0, 0.05) is 37.0 Å². The summed E-state index contributed by atoms with van der Waals surface area (Å²) in [7, 11) is 0. The summed E-state index contributed by atoms with van der Waals surface area (Å²) in [5.74, 6) is -1.08. The van der Waals surface area contributed by atoms with Gasteiger partial charge in [-0.15, -0.1) is 0 Å². The molecule has 2 heterocycles. The second-order valence-electron chi connectivity index (χ2n) is 5.95. The lowest BCUT2D eigenvalue weighted by Gasteiger charge is -2.09. The van der Waals surface area contributed by atoms with E-state index in [1.165, 1.54) is 19.1 Å². The van der Waals surface area contributed by atoms with Gasteiger partial charge in [0.25, 0.3) is 5.91 Å². The third-order valence-corrected chi connectivity index (χ3v) is 3.81. The van der Waals surface area contributed by atoms with E-state index in [1.807, 2.05) is 18.2 Å². The number of carbonyl (C=O) groups is 2. The normalized spacial score (nSPS) is 10.4. The van der Waals surface area contributed by atoms with E-state index in [2.05, 4.69) is 20.9 Å². The third kappa shape index (κ3) is 4.97. The predicted molar refractivity (Wildman–Crippen MR) is 96.6 cm³/mol. The first-order valence-corrected chi connectivity index (χ1v) is 8.28. The monoisotopic (exact) mass is 367 g/mol. The lowest BCUT2D eigenvalue weighted by Crippen LogP contribution is -2.42. The fourth-order valence-electron chi connectivity index (χ4n) is 2.54. The third-order valence-electron chi connectivity index (χ3n) is 3.81. The molecule has 0 radical (unpaired) electrons. The van der Waals surface area contributed by atoms with Gasteiger partial charge >= 0.3 is 0 Å². The summed E-state index contributed by atoms with van der Waals surface area (Å²) in [5.41, 5.74) is 7.81. The van der Waals surface area contributed by atoms with Crippen molar-refractivity contribution in [2.45, 2.75) is 19.9 Å². The Morgan fingerprint density at radius 2 is 1.78 bits per heavy atom. The molecule has 8 heteroatoms. The van der Waals surface area contributed by atoms with Crippen molar-refractivity contribution in [3.8, 4) is 11.3 Å². The van der Waals surface area contributed by atoms with E-state index < -0.39 is 5.91 Å². The number of amides is 2. The summed E-state index contributed by atoms with van der Waals surface area (Å²) in [6.45, 7) is 1.23. The fraction of sp³-hybridized carbons (Fsp3) is 0.158. The summed E-state index contributed by atoms with van der Waals surface area (Å²) < 4.78 is 14.7. The smallest absolute Gasteiger partial charge is 0.260 e. The van der Waals surface area contributed by atoms with Crippen molar-refractivity contribution in [1.29, 1.82) is 0 Å². The van der Waals surface area contributed by atoms with Crippen LogP contribution in [0.1, 0.15) is 18.2 Å². The van der Waals surface area contributed by atoms with Crippen LogP contribution in [0, 0.1) is 5.82 Å². The first-order valence-electron chi connectivity index (χ1n) is 8.28. The molecule has 0 aliphatic rings. The first kappa shape index (κ1) is 18.2. The van der Waals surface area contributed by atoms with E-state index in [0.717, 1.165) is 16.8 Å². The van der Waals surface area contributed by atoms with Crippen molar-refractivity contribution >= 4 is 11.8 Å². The van der Waals surface area contributed by atoms with Crippen LogP contribution in [-0.2, 0) is 22.6 Å². The van der Waals surface area contributed by atoms with E-state index in [0.29, 0.717) is 12.1 Å². The van der Waals surface area contributed by atoms with Gasteiger partial charge in [0.05, 0.1) is 5.69 Å². The molecule has 3 aromatic rings. The van der Waals surface area contributed by atoms with Crippen molar-refractivity contribution in [3.63, 3.8) is 0 Å². The molecule has 2 N–H and O–H groups in total. The molecule has 2 amide bonds. The highest BCUT2D eigenvalue weighted by atomic mass is 19.1. The number of hydrogen-bond acceptors (Lipinski definition) is 4. The van der Waals surface area contributed by atoms with Gasteiger partial charge in [-0.2, -0.15) is 5.10 Å². The first-order chi connectivity index (χ1) is 13.0. The van der Waals surface area contributed by atoms with Crippen molar-refractivity contribution in [3.05, 3.63) is 71.9 Å². The molecular formula is C19H18FN5O2. The summed E-state index contributed by atoms with van der Waals surface area (Å²) in [4.78, 5) is 27.0. The lowest BCUT2D eigenvalue weighted by molar-refractivity contribution is -0.128. The number of hydrogen-bond donors (Lipinski definition) is 2. The average Bonchev–Trinajstić information content (AvgIpc) is 3.05. The SMILES string of the molecule is CC(=O)NNC(=O)Cn1nc(-c2ccncc2)cc1Cc1ccc(F)cc1. The Morgan fingerprint density at radius 1 is 1.07 bits per heavy atom. The molecule has 0 spiro atoms. The van der Waals surface area contributed by atoms with E-state index >= 15 is 0 Å². The van der Waals surface area contributed by atoms with Crippen LogP contribution in [0.2, 0.25) is 0 Å². The summed E-state index contributed by atoms with van der Waals surface area (Å²) in [5, 5.41) is 4.50. The Balaban J connectivity index is 1.86. The van der Waals surface area contributed by atoms with Crippen LogP contribution in [0.5, 0.6) is 0 Å². The molecule has 27 heavy (non-hydrogen) atoms. The quantitative estimate of drug-likeness (QED) is 0.674. The van der Waals surface area contributed by atoms with Crippen LogP contribution >= 0.6 is 0 Å². The number of halogens is 1. The molecule has 0 saturated heterocycles. The Labute approximate surface area is 155 Å². The van der Waals surface area contributed by atoms with Crippen LogP contribution in [0.3, 0.4) is 0 Å². The van der Waals surface area contributed by atoms with E-state index in [-0.39, 0.29) is 18.3 Å². The number of rotatable bonds is 5. The molecule has 7 nitrogen and oxygen atoms in total. The number of carbonyl (C=O) groups excluding carboxylic acids is 2. The van der Waals surface area contributed by atoms with Crippen LogP contribution in [0.15, 0.2) is 54.9 Å². The molecule has 138 valence electrons. The van der Waals surface area contributed by atoms with Crippen LogP contribution in [0.25, 0.3) is 11.3 Å². The average molecular weight is 367 g/mol. The Morgan fingerprint density at radius 3 is 2.44 bits per heavy atom. The standard InChI is InChI=1S/C19H18FN5O2/c1-13(26)22-23-19(27)12-25-17(10-14-2-4-16(20)5-3-14)11-18(24-25)15-6-8-21-9-7-15/h2-9,11H,10,12H2,1H3,(H,22,26)(H,23,27). The van der Waals surface area contributed by atoms with E-state index in [1.54, 1.807) is 29.2 Å². The van der Waals surface area contributed by atoms with Gasteiger partial charge in [0.1, 0.15) is 12.4 Å². The second-order valence-corrected chi connectivity index (χ2v) is 5.95. The summed E-state index contributed by atoms with van der Waals surface area (Å²) in [6.07, 6.45) is 3.81. The summed E-state index contributed by atoms with van der Waals surface area (Å²) >= 11 is 0. The Hall–Kier alpha value is -3.55. The molecule has 3 rings (SSSR count). The van der Waals surface area contributed by atoms with Crippen LogP contribution < -0.4 is 10.9 Å². The molecule has 2 aromatic heterocycles. The second kappa shape index (κ2) is 8.22. The zero-order valence-electron chi connectivity index (χ0n) is 14.6. The predicted octanol–water partition coefficient (Wildman–Crippen LogP) is 1.84. The van der Waals surface area contributed by atoms with Crippen LogP contribution in [0.4, 0.5) is 4.39 Å². The maximum absolute atomic E-state index is 13.1. The lowest BCUT2D eigenvalue weighted by atomic mass is 10.1. The summed E-state index contributed by atoms with van der Waals surface area (Å²) in [6, 6.07) is 11.7. The van der Waals surface area contributed by atoms with Gasteiger partial charge in [-0.1, -0.05) is 12.1 Å². The maximum atomic E-state index is 13.1. The van der Waals surface area contributed by atoms with Crippen molar-refractivity contribution in [2.24, 2.45) is 0 Å². The zero-order valence-corrected chi connectivity index (χ0v) is 14.6. The van der Waals surface area contributed by atoms with Crippen molar-refractivity contribution in [2.75, 3.05) is 0 Å². The Kier molecular flexibility index (Phi) is 5.55. The molecule has 0 saturated carbocycles. The van der Waals surface area contributed by atoms with Gasteiger partial charge in [0.15, 0.2) is 0 Å². The van der Waals surface area contributed by atoms with E-state index in [9.17, 15) is 14.0 Å². The molecule has 0 unspecified atom stereocenters. The molecule has 0 bridgehead atoms.